The van der Waals surface area contributed by atoms with Crippen molar-refractivity contribution in [3.63, 3.8) is 0 Å². The van der Waals surface area contributed by atoms with E-state index in [9.17, 15) is 9.59 Å². The molecule has 3 rings (SSSR count). The molecule has 0 aliphatic carbocycles. The number of hydrogen-bond donors (Lipinski definition) is 0. The first-order chi connectivity index (χ1) is 13.5. The molecule has 5 nitrogen and oxygen atoms in total. The number of fused-ring (bicyclic) bond motifs is 1. The van der Waals surface area contributed by atoms with Crippen molar-refractivity contribution in [2.24, 2.45) is 0 Å². The fraction of sp³-hybridized carbons (Fsp3) is 0.304. The lowest BCUT2D eigenvalue weighted by atomic mass is 10.0. The van der Waals surface area contributed by atoms with Crippen LogP contribution in [0, 0.1) is 0 Å². The quantitative estimate of drug-likeness (QED) is 0.443. The van der Waals surface area contributed by atoms with Crippen molar-refractivity contribution in [3.8, 4) is 5.75 Å². The third kappa shape index (κ3) is 4.60. The standard InChI is InChI=1S/C23H24O5/c1-4-16-9-10-19-17(12-22(24)28-21(19)11-16)13-27-23(25)14-26-20-8-6-5-7-18(20)15(2)3/h5-12,15H,4,13-14H2,1-3H3. The number of hydrogen-bond acceptors (Lipinski definition) is 5. The molecule has 0 atom stereocenters. The lowest BCUT2D eigenvalue weighted by molar-refractivity contribution is -0.147. The van der Waals surface area contributed by atoms with Gasteiger partial charge in [-0.2, -0.15) is 0 Å². The lowest BCUT2D eigenvalue weighted by Gasteiger charge is -2.13. The van der Waals surface area contributed by atoms with Crippen molar-refractivity contribution in [1.29, 1.82) is 0 Å². The number of rotatable bonds is 7. The molecule has 146 valence electrons. The van der Waals surface area contributed by atoms with Crippen LogP contribution in [0.5, 0.6) is 5.75 Å². The summed E-state index contributed by atoms with van der Waals surface area (Å²) in [5, 5.41) is 0.760. The average Bonchev–Trinajstić information content (AvgIpc) is 2.69. The Morgan fingerprint density at radius 2 is 1.89 bits per heavy atom. The van der Waals surface area contributed by atoms with Crippen LogP contribution in [0.25, 0.3) is 11.0 Å². The first-order valence-electron chi connectivity index (χ1n) is 9.41. The Bertz CT molecular complexity index is 1030. The maximum atomic E-state index is 12.1. The van der Waals surface area contributed by atoms with Crippen molar-refractivity contribution in [2.45, 2.75) is 39.7 Å². The van der Waals surface area contributed by atoms with Gasteiger partial charge in [-0.3, -0.25) is 0 Å². The van der Waals surface area contributed by atoms with Crippen LogP contribution >= 0.6 is 0 Å². The molecule has 0 fully saturated rings. The summed E-state index contributed by atoms with van der Waals surface area (Å²) in [6.45, 7) is 5.96. The Labute approximate surface area is 163 Å². The van der Waals surface area contributed by atoms with Gasteiger partial charge in [0.2, 0.25) is 0 Å². The number of carbonyl (C=O) groups is 1. The molecule has 0 aliphatic heterocycles. The van der Waals surface area contributed by atoms with Crippen molar-refractivity contribution < 1.29 is 18.7 Å². The molecule has 0 aliphatic rings. The Morgan fingerprint density at radius 1 is 1.11 bits per heavy atom. The zero-order valence-electron chi connectivity index (χ0n) is 16.4. The Hall–Kier alpha value is -3.08. The highest BCUT2D eigenvalue weighted by atomic mass is 16.6. The molecule has 0 saturated heterocycles. The van der Waals surface area contributed by atoms with Gasteiger partial charge in [0, 0.05) is 17.0 Å². The molecule has 2 aromatic carbocycles. The predicted molar refractivity (Wildman–Crippen MR) is 108 cm³/mol. The summed E-state index contributed by atoms with van der Waals surface area (Å²) in [6.07, 6.45) is 0.841. The van der Waals surface area contributed by atoms with Gasteiger partial charge < -0.3 is 13.9 Å². The smallest absolute Gasteiger partial charge is 0.344 e. The first kappa shape index (κ1) is 19.7. The number of esters is 1. The maximum Gasteiger partial charge on any atom is 0.344 e. The largest absolute Gasteiger partial charge is 0.482 e. The summed E-state index contributed by atoms with van der Waals surface area (Å²) in [5.74, 6) is 0.465. The van der Waals surface area contributed by atoms with E-state index in [1.165, 1.54) is 6.07 Å². The van der Waals surface area contributed by atoms with E-state index in [4.69, 9.17) is 13.9 Å². The van der Waals surface area contributed by atoms with Gasteiger partial charge in [-0.05, 0) is 35.6 Å². The van der Waals surface area contributed by atoms with Gasteiger partial charge in [0.1, 0.15) is 17.9 Å². The van der Waals surface area contributed by atoms with Crippen LogP contribution in [0.4, 0.5) is 0 Å². The van der Waals surface area contributed by atoms with Gasteiger partial charge in [-0.15, -0.1) is 0 Å². The second-order valence-corrected chi connectivity index (χ2v) is 6.92. The predicted octanol–water partition coefficient (Wildman–Crippen LogP) is 4.60. The van der Waals surface area contributed by atoms with Gasteiger partial charge >= 0.3 is 11.6 Å². The molecule has 0 amide bonds. The summed E-state index contributed by atoms with van der Waals surface area (Å²) in [5.41, 5.74) is 2.76. The topological polar surface area (TPSA) is 65.7 Å². The normalized spacial score (nSPS) is 11.0. The molecule has 5 heteroatoms. The molecule has 0 bridgehead atoms. The van der Waals surface area contributed by atoms with E-state index < -0.39 is 11.6 Å². The molecular formula is C23H24O5. The van der Waals surface area contributed by atoms with Crippen molar-refractivity contribution in [3.05, 3.63) is 75.6 Å². The number of benzene rings is 2. The Balaban J connectivity index is 1.67. The van der Waals surface area contributed by atoms with Crippen LogP contribution < -0.4 is 10.4 Å². The molecule has 3 aromatic rings. The second-order valence-electron chi connectivity index (χ2n) is 6.92. The van der Waals surface area contributed by atoms with Crippen LogP contribution in [-0.2, 0) is 22.6 Å². The Morgan fingerprint density at radius 3 is 2.64 bits per heavy atom. The number of aryl methyl sites for hydroxylation is 1. The van der Waals surface area contributed by atoms with Crippen LogP contribution in [0.2, 0.25) is 0 Å². The van der Waals surface area contributed by atoms with Crippen LogP contribution in [0.3, 0.4) is 0 Å². The monoisotopic (exact) mass is 380 g/mol. The lowest BCUT2D eigenvalue weighted by Crippen LogP contribution is -2.16. The van der Waals surface area contributed by atoms with E-state index in [0.29, 0.717) is 16.9 Å². The van der Waals surface area contributed by atoms with Gasteiger partial charge in [-0.25, -0.2) is 9.59 Å². The van der Waals surface area contributed by atoms with E-state index in [1.807, 2.05) is 49.4 Å². The van der Waals surface area contributed by atoms with Crippen molar-refractivity contribution >= 4 is 16.9 Å². The fourth-order valence-electron chi connectivity index (χ4n) is 3.04. The average molecular weight is 380 g/mol. The molecule has 28 heavy (non-hydrogen) atoms. The number of ether oxygens (including phenoxy) is 2. The molecular weight excluding hydrogens is 356 g/mol. The number of carbonyl (C=O) groups excluding carboxylic acids is 1. The maximum absolute atomic E-state index is 12.1. The van der Waals surface area contributed by atoms with Gasteiger partial charge in [0.05, 0.1) is 0 Å². The molecule has 0 saturated carbocycles. The molecule has 0 N–H and O–H groups in total. The minimum absolute atomic E-state index is 0.0123. The zero-order valence-corrected chi connectivity index (χ0v) is 16.4. The van der Waals surface area contributed by atoms with Crippen LogP contribution in [0.15, 0.2) is 57.7 Å². The zero-order chi connectivity index (χ0) is 20.1. The van der Waals surface area contributed by atoms with E-state index in [2.05, 4.69) is 13.8 Å². The highest BCUT2D eigenvalue weighted by molar-refractivity contribution is 5.81. The molecule has 0 radical (unpaired) electrons. The Kier molecular flexibility index (Phi) is 6.14. The first-order valence-corrected chi connectivity index (χ1v) is 9.41. The minimum atomic E-state index is -0.495. The van der Waals surface area contributed by atoms with Gasteiger partial charge in [0.15, 0.2) is 6.61 Å². The van der Waals surface area contributed by atoms with E-state index in [-0.39, 0.29) is 19.1 Å². The highest BCUT2D eigenvalue weighted by Crippen LogP contribution is 2.26. The van der Waals surface area contributed by atoms with E-state index in [1.54, 1.807) is 0 Å². The highest BCUT2D eigenvalue weighted by Gasteiger charge is 2.12. The van der Waals surface area contributed by atoms with E-state index >= 15 is 0 Å². The fourth-order valence-corrected chi connectivity index (χ4v) is 3.04. The number of para-hydroxylation sites is 1. The summed E-state index contributed by atoms with van der Waals surface area (Å²) < 4.78 is 16.2. The van der Waals surface area contributed by atoms with Crippen LogP contribution in [-0.4, -0.2) is 12.6 Å². The third-order valence-electron chi connectivity index (χ3n) is 4.58. The summed E-state index contributed by atoms with van der Waals surface area (Å²) >= 11 is 0. The molecule has 0 spiro atoms. The third-order valence-corrected chi connectivity index (χ3v) is 4.58. The van der Waals surface area contributed by atoms with Gasteiger partial charge in [-0.1, -0.05) is 51.1 Å². The SMILES string of the molecule is CCc1ccc2c(COC(=O)COc3ccccc3C(C)C)cc(=O)oc2c1. The summed E-state index contributed by atoms with van der Waals surface area (Å²) in [4.78, 5) is 24.0. The van der Waals surface area contributed by atoms with Crippen molar-refractivity contribution in [1.82, 2.24) is 0 Å². The second kappa shape index (κ2) is 8.74. The molecule has 1 heterocycles. The van der Waals surface area contributed by atoms with E-state index in [0.717, 1.165) is 22.9 Å². The van der Waals surface area contributed by atoms with Crippen molar-refractivity contribution in [2.75, 3.05) is 6.61 Å². The summed E-state index contributed by atoms with van der Waals surface area (Å²) in [7, 11) is 0. The summed E-state index contributed by atoms with van der Waals surface area (Å²) in [6, 6.07) is 14.7. The molecule has 1 aromatic heterocycles. The minimum Gasteiger partial charge on any atom is -0.482 e. The van der Waals surface area contributed by atoms with Gasteiger partial charge in [0.25, 0.3) is 0 Å². The van der Waals surface area contributed by atoms with Crippen LogP contribution in [0.1, 0.15) is 43.4 Å². The molecule has 0 unspecified atom stereocenters.